The Morgan fingerprint density at radius 2 is 2.18 bits per heavy atom. The van der Waals surface area contributed by atoms with Crippen molar-refractivity contribution in [3.8, 4) is 0 Å². The van der Waals surface area contributed by atoms with E-state index in [0.717, 1.165) is 6.54 Å². The van der Waals surface area contributed by atoms with Crippen LogP contribution in [0.25, 0.3) is 0 Å². The van der Waals surface area contributed by atoms with Gasteiger partial charge in [-0.3, -0.25) is 4.21 Å². The van der Waals surface area contributed by atoms with Crippen LogP contribution in [0.5, 0.6) is 0 Å². The summed E-state index contributed by atoms with van der Waals surface area (Å²) in [4.78, 5) is 4.75. The molecule has 2 aromatic rings. The molecule has 2 rings (SSSR count). The van der Waals surface area contributed by atoms with E-state index in [0.29, 0.717) is 22.2 Å². The lowest BCUT2D eigenvalue weighted by Crippen LogP contribution is -2.08. The van der Waals surface area contributed by atoms with Crippen LogP contribution in [0.1, 0.15) is 12.7 Å². The van der Waals surface area contributed by atoms with Crippen LogP contribution >= 0.6 is 0 Å². The monoisotopic (exact) mass is 250 g/mol. The number of hydrogen-bond acceptors (Lipinski definition) is 4. The highest BCUT2D eigenvalue weighted by atomic mass is 32.2. The van der Waals surface area contributed by atoms with Crippen LogP contribution in [0.4, 0.5) is 5.69 Å². The second kappa shape index (κ2) is 5.09. The van der Waals surface area contributed by atoms with Crippen molar-refractivity contribution in [2.45, 2.75) is 24.1 Å². The Morgan fingerprint density at radius 1 is 1.41 bits per heavy atom. The van der Waals surface area contributed by atoms with Crippen molar-refractivity contribution in [1.29, 1.82) is 0 Å². The molecule has 1 aromatic heterocycles. The Labute approximate surface area is 102 Å². The molecule has 0 saturated heterocycles. The first-order valence-corrected chi connectivity index (χ1v) is 6.63. The van der Waals surface area contributed by atoms with Crippen molar-refractivity contribution in [2.75, 3.05) is 5.73 Å². The maximum absolute atomic E-state index is 12.2. The third-order valence-electron chi connectivity index (χ3n) is 2.42. The Balaban J connectivity index is 2.20. The summed E-state index contributed by atoms with van der Waals surface area (Å²) < 4.78 is 13.9. The van der Waals surface area contributed by atoms with Gasteiger partial charge < -0.3 is 5.73 Å². The minimum absolute atomic E-state index is 0.335. The number of benzene rings is 1. The molecule has 1 atom stereocenters. The summed E-state index contributed by atoms with van der Waals surface area (Å²) in [5.41, 5.74) is 6.33. The van der Waals surface area contributed by atoms with Crippen LogP contribution < -0.4 is 5.73 Å². The van der Waals surface area contributed by atoms with Crippen molar-refractivity contribution in [1.82, 2.24) is 14.8 Å². The first kappa shape index (κ1) is 11.8. The summed E-state index contributed by atoms with van der Waals surface area (Å²) in [6.07, 6.45) is 1.48. The second-order valence-electron chi connectivity index (χ2n) is 3.52. The van der Waals surface area contributed by atoms with Crippen molar-refractivity contribution >= 4 is 16.5 Å². The normalized spacial score (nSPS) is 12.5. The topological polar surface area (TPSA) is 73.8 Å². The van der Waals surface area contributed by atoms with Crippen LogP contribution in [-0.2, 0) is 23.1 Å². The van der Waals surface area contributed by atoms with Crippen LogP contribution in [0.3, 0.4) is 0 Å². The zero-order chi connectivity index (χ0) is 12.3. The fourth-order valence-corrected chi connectivity index (χ4v) is 2.72. The standard InChI is InChI=1S/C11H14N4OS/c1-2-15-11(13-8-14-15)7-17(16)10-6-4-3-5-9(10)12/h3-6,8H,2,7,12H2,1H3. The average Bonchev–Trinajstić information content (AvgIpc) is 2.76. The molecule has 0 aliphatic rings. The van der Waals surface area contributed by atoms with Gasteiger partial charge in [0.1, 0.15) is 12.2 Å². The van der Waals surface area contributed by atoms with Gasteiger partial charge in [-0.25, -0.2) is 9.67 Å². The van der Waals surface area contributed by atoms with E-state index >= 15 is 0 Å². The van der Waals surface area contributed by atoms with E-state index in [2.05, 4.69) is 10.1 Å². The number of aryl methyl sites for hydroxylation is 1. The lowest BCUT2D eigenvalue weighted by molar-refractivity contribution is 0.627. The number of anilines is 1. The smallest absolute Gasteiger partial charge is 0.139 e. The van der Waals surface area contributed by atoms with Gasteiger partial charge >= 0.3 is 0 Å². The Kier molecular flexibility index (Phi) is 3.53. The van der Waals surface area contributed by atoms with Crippen LogP contribution in [0.15, 0.2) is 35.5 Å². The summed E-state index contributed by atoms with van der Waals surface area (Å²) >= 11 is 0. The quantitative estimate of drug-likeness (QED) is 0.827. The molecule has 0 fully saturated rings. The molecule has 0 aliphatic carbocycles. The van der Waals surface area contributed by atoms with Gasteiger partial charge in [0.25, 0.3) is 0 Å². The van der Waals surface area contributed by atoms with Gasteiger partial charge in [-0.15, -0.1) is 0 Å². The molecule has 0 radical (unpaired) electrons. The largest absolute Gasteiger partial charge is 0.398 e. The maximum atomic E-state index is 12.2. The fourth-order valence-electron chi connectivity index (χ4n) is 1.55. The molecule has 17 heavy (non-hydrogen) atoms. The van der Waals surface area contributed by atoms with Crippen molar-refractivity contribution < 1.29 is 4.21 Å². The van der Waals surface area contributed by atoms with Crippen LogP contribution in [0, 0.1) is 0 Å². The van der Waals surface area contributed by atoms with Crippen molar-refractivity contribution in [2.24, 2.45) is 0 Å². The SMILES string of the molecule is CCn1ncnc1CS(=O)c1ccccc1N. The first-order valence-electron chi connectivity index (χ1n) is 5.32. The molecule has 1 unspecified atom stereocenters. The number of hydrogen-bond donors (Lipinski definition) is 1. The van der Waals surface area contributed by atoms with Crippen molar-refractivity contribution in [3.63, 3.8) is 0 Å². The number of rotatable bonds is 4. The maximum Gasteiger partial charge on any atom is 0.139 e. The number of para-hydroxylation sites is 1. The Bertz CT molecular complexity index is 538. The predicted octanol–water partition coefficient (Wildman–Crippen LogP) is 1.19. The fraction of sp³-hybridized carbons (Fsp3) is 0.273. The summed E-state index contributed by atoms with van der Waals surface area (Å²) in [7, 11) is -1.18. The van der Waals surface area contributed by atoms with E-state index in [1.54, 1.807) is 16.8 Å². The summed E-state index contributed by atoms with van der Waals surface area (Å²) in [5, 5.41) is 4.04. The molecule has 0 spiro atoms. The molecule has 6 heteroatoms. The van der Waals surface area contributed by atoms with Gasteiger partial charge in [0, 0.05) is 12.2 Å². The molecule has 1 aromatic carbocycles. The Morgan fingerprint density at radius 3 is 2.88 bits per heavy atom. The zero-order valence-electron chi connectivity index (χ0n) is 9.54. The third-order valence-corrected chi connectivity index (χ3v) is 3.80. The molecular formula is C11H14N4OS. The molecule has 0 saturated carbocycles. The number of aromatic nitrogens is 3. The van der Waals surface area contributed by atoms with Gasteiger partial charge in [-0.2, -0.15) is 5.10 Å². The van der Waals surface area contributed by atoms with E-state index in [4.69, 9.17) is 5.73 Å². The van der Waals surface area contributed by atoms with E-state index in [1.807, 2.05) is 19.1 Å². The molecule has 90 valence electrons. The molecule has 1 heterocycles. The van der Waals surface area contributed by atoms with Crippen LogP contribution in [-0.4, -0.2) is 19.0 Å². The number of nitrogens with two attached hydrogens (primary N) is 1. The average molecular weight is 250 g/mol. The lowest BCUT2D eigenvalue weighted by Gasteiger charge is -2.05. The summed E-state index contributed by atoms with van der Waals surface area (Å²) in [6.45, 7) is 2.69. The number of nitrogens with zero attached hydrogens (tertiary/aromatic N) is 3. The van der Waals surface area contributed by atoms with Crippen LogP contribution in [0.2, 0.25) is 0 Å². The molecule has 5 nitrogen and oxygen atoms in total. The van der Waals surface area contributed by atoms with E-state index < -0.39 is 10.8 Å². The minimum Gasteiger partial charge on any atom is -0.398 e. The first-order chi connectivity index (χ1) is 8.22. The van der Waals surface area contributed by atoms with E-state index in [1.165, 1.54) is 6.33 Å². The van der Waals surface area contributed by atoms with Gasteiger partial charge in [-0.05, 0) is 19.1 Å². The summed E-state index contributed by atoms with van der Waals surface area (Å²) in [5.74, 6) is 1.05. The molecule has 0 bridgehead atoms. The van der Waals surface area contributed by atoms with Gasteiger partial charge in [-0.1, -0.05) is 12.1 Å². The second-order valence-corrected chi connectivity index (χ2v) is 4.94. The van der Waals surface area contributed by atoms with Crippen molar-refractivity contribution in [3.05, 3.63) is 36.4 Å². The molecular weight excluding hydrogens is 236 g/mol. The highest BCUT2D eigenvalue weighted by Gasteiger charge is 2.11. The lowest BCUT2D eigenvalue weighted by atomic mass is 10.3. The third kappa shape index (κ3) is 2.52. The van der Waals surface area contributed by atoms with Gasteiger partial charge in [0.15, 0.2) is 0 Å². The summed E-state index contributed by atoms with van der Waals surface area (Å²) in [6, 6.07) is 7.18. The van der Waals surface area contributed by atoms with E-state index in [-0.39, 0.29) is 0 Å². The molecule has 0 amide bonds. The molecule has 2 N–H and O–H groups in total. The van der Waals surface area contributed by atoms with Gasteiger partial charge in [0.05, 0.1) is 21.4 Å². The van der Waals surface area contributed by atoms with Gasteiger partial charge in [0.2, 0.25) is 0 Å². The van der Waals surface area contributed by atoms with E-state index in [9.17, 15) is 4.21 Å². The Hall–Kier alpha value is -1.69. The highest BCUT2D eigenvalue weighted by molar-refractivity contribution is 7.84. The minimum atomic E-state index is -1.18. The predicted molar refractivity (Wildman–Crippen MR) is 66.7 cm³/mol. The number of nitrogen functional groups attached to an aromatic ring is 1. The zero-order valence-corrected chi connectivity index (χ0v) is 10.4. The highest BCUT2D eigenvalue weighted by Crippen LogP contribution is 2.17. The molecule has 0 aliphatic heterocycles.